The van der Waals surface area contributed by atoms with Crippen LogP contribution in [0.4, 0.5) is 0 Å². The molecule has 1 N–H and O–H groups in total. The van der Waals surface area contributed by atoms with Crippen LogP contribution in [-0.4, -0.2) is 16.5 Å². The quantitative estimate of drug-likeness (QED) is 0.800. The van der Waals surface area contributed by atoms with Crippen molar-refractivity contribution in [3.8, 4) is 6.07 Å². The zero-order chi connectivity index (χ0) is 16.2. The third kappa shape index (κ3) is 2.01. The molecule has 3 heteroatoms. The first-order valence-corrected chi connectivity index (χ1v) is 9.01. The van der Waals surface area contributed by atoms with Crippen LogP contribution in [0.3, 0.4) is 0 Å². The number of hydrogen-bond donors (Lipinski definition) is 1. The number of allylic oxidation sites excluding steroid dienone is 4. The van der Waals surface area contributed by atoms with E-state index in [0.29, 0.717) is 30.5 Å². The van der Waals surface area contributed by atoms with Gasteiger partial charge in [0.2, 0.25) is 0 Å². The van der Waals surface area contributed by atoms with E-state index in [1.165, 1.54) is 16.7 Å². The molecule has 0 bridgehead atoms. The van der Waals surface area contributed by atoms with Crippen LogP contribution in [0.25, 0.3) is 0 Å². The van der Waals surface area contributed by atoms with Gasteiger partial charge in [0.25, 0.3) is 0 Å². The standard InChI is InChI=1S/C20H25NO2/c1-19-8-6-16-15-5-3-14(22)12-13(15)2-4-17(16)18(19)7-9-20(19,23)10-11-21/h6,17-18,23H,2-5,7-10,12H2,1H3/t17-,18-,19+,20+/m1/s1. The maximum Gasteiger partial charge on any atom is 0.137 e. The number of aliphatic hydroxyl groups is 1. The summed E-state index contributed by atoms with van der Waals surface area (Å²) in [6.45, 7) is 2.20. The van der Waals surface area contributed by atoms with Gasteiger partial charge in [0.1, 0.15) is 5.78 Å². The molecule has 0 aromatic rings. The Hall–Kier alpha value is -1.40. The van der Waals surface area contributed by atoms with Crippen molar-refractivity contribution in [1.82, 2.24) is 0 Å². The van der Waals surface area contributed by atoms with E-state index < -0.39 is 5.60 Å². The van der Waals surface area contributed by atoms with E-state index in [0.717, 1.165) is 38.5 Å². The molecule has 4 atom stereocenters. The molecule has 4 rings (SSSR count). The molecule has 23 heavy (non-hydrogen) atoms. The molecule has 0 saturated heterocycles. The van der Waals surface area contributed by atoms with Crippen molar-refractivity contribution in [2.45, 2.75) is 70.3 Å². The number of fused-ring (bicyclic) bond motifs is 4. The molecule has 1 fully saturated rings. The highest BCUT2D eigenvalue weighted by Gasteiger charge is 2.59. The van der Waals surface area contributed by atoms with Gasteiger partial charge in [0, 0.05) is 18.3 Å². The summed E-state index contributed by atoms with van der Waals surface area (Å²) in [6.07, 6.45) is 9.68. The Morgan fingerprint density at radius 3 is 2.96 bits per heavy atom. The van der Waals surface area contributed by atoms with Crippen molar-refractivity contribution in [3.05, 3.63) is 22.8 Å². The second kappa shape index (κ2) is 5.05. The van der Waals surface area contributed by atoms with Crippen molar-refractivity contribution in [3.63, 3.8) is 0 Å². The van der Waals surface area contributed by atoms with Crippen molar-refractivity contribution in [2.24, 2.45) is 17.3 Å². The van der Waals surface area contributed by atoms with Gasteiger partial charge in [-0.2, -0.15) is 5.26 Å². The molecule has 0 radical (unpaired) electrons. The normalized spacial score (nSPS) is 42.5. The van der Waals surface area contributed by atoms with Crippen molar-refractivity contribution < 1.29 is 9.90 Å². The summed E-state index contributed by atoms with van der Waals surface area (Å²) in [6, 6.07) is 2.21. The Bertz CT molecular complexity index is 668. The summed E-state index contributed by atoms with van der Waals surface area (Å²) < 4.78 is 0. The van der Waals surface area contributed by atoms with Gasteiger partial charge in [-0.1, -0.05) is 18.6 Å². The van der Waals surface area contributed by atoms with Gasteiger partial charge in [-0.25, -0.2) is 0 Å². The van der Waals surface area contributed by atoms with Crippen molar-refractivity contribution in [2.75, 3.05) is 0 Å². The minimum absolute atomic E-state index is 0.167. The molecule has 0 aliphatic heterocycles. The molecule has 0 aromatic heterocycles. The van der Waals surface area contributed by atoms with Gasteiger partial charge in [-0.15, -0.1) is 0 Å². The Balaban J connectivity index is 1.71. The number of hydrogen-bond acceptors (Lipinski definition) is 3. The molecule has 0 amide bonds. The van der Waals surface area contributed by atoms with E-state index in [1.54, 1.807) is 0 Å². The maximum atomic E-state index is 11.8. The van der Waals surface area contributed by atoms with Gasteiger partial charge in [0.15, 0.2) is 0 Å². The van der Waals surface area contributed by atoms with Crippen LogP contribution in [0.2, 0.25) is 0 Å². The molecule has 0 spiro atoms. The van der Waals surface area contributed by atoms with E-state index in [1.807, 2.05) is 0 Å². The first-order valence-electron chi connectivity index (χ1n) is 9.01. The average molecular weight is 311 g/mol. The maximum absolute atomic E-state index is 11.8. The predicted octanol–water partition coefficient (Wildman–Crippen LogP) is 3.84. The number of Topliss-reactive ketones (excluding diaryl/α,β-unsaturated/α-hetero) is 1. The highest BCUT2D eigenvalue weighted by Crippen LogP contribution is 2.63. The monoisotopic (exact) mass is 311 g/mol. The highest BCUT2D eigenvalue weighted by molar-refractivity contribution is 5.83. The first kappa shape index (κ1) is 15.1. The van der Waals surface area contributed by atoms with Gasteiger partial charge in [-0.05, 0) is 61.5 Å². The van der Waals surface area contributed by atoms with Crippen LogP contribution in [0.15, 0.2) is 22.8 Å². The predicted molar refractivity (Wildman–Crippen MR) is 87.3 cm³/mol. The fourth-order valence-electron chi connectivity index (χ4n) is 5.94. The number of carbonyl (C=O) groups is 1. The van der Waals surface area contributed by atoms with Gasteiger partial charge in [0.05, 0.1) is 18.1 Å². The summed E-state index contributed by atoms with van der Waals surface area (Å²) in [5, 5.41) is 20.2. The van der Waals surface area contributed by atoms with Gasteiger partial charge < -0.3 is 5.11 Å². The molecule has 3 nitrogen and oxygen atoms in total. The summed E-state index contributed by atoms with van der Waals surface area (Å²) >= 11 is 0. The molecule has 4 aliphatic carbocycles. The summed E-state index contributed by atoms with van der Waals surface area (Å²) in [7, 11) is 0. The highest BCUT2D eigenvalue weighted by atomic mass is 16.3. The van der Waals surface area contributed by atoms with E-state index in [9.17, 15) is 9.90 Å². The van der Waals surface area contributed by atoms with Crippen molar-refractivity contribution in [1.29, 1.82) is 5.26 Å². The number of nitriles is 1. The van der Waals surface area contributed by atoms with Crippen LogP contribution in [-0.2, 0) is 4.79 Å². The van der Waals surface area contributed by atoms with E-state index in [4.69, 9.17) is 5.26 Å². The number of ketones is 1. The lowest BCUT2D eigenvalue weighted by molar-refractivity contribution is -0.118. The van der Waals surface area contributed by atoms with Gasteiger partial charge in [-0.3, -0.25) is 4.79 Å². The lowest BCUT2D eigenvalue weighted by Crippen LogP contribution is -2.48. The van der Waals surface area contributed by atoms with E-state index in [2.05, 4.69) is 19.1 Å². The Morgan fingerprint density at radius 2 is 2.17 bits per heavy atom. The van der Waals surface area contributed by atoms with Crippen LogP contribution < -0.4 is 0 Å². The minimum atomic E-state index is -0.828. The topological polar surface area (TPSA) is 61.1 Å². The number of nitrogens with zero attached hydrogens (tertiary/aromatic N) is 1. The third-order valence-corrected chi connectivity index (χ3v) is 7.35. The van der Waals surface area contributed by atoms with E-state index >= 15 is 0 Å². The SMILES string of the molecule is C[C@]12CC=C3C4=C(CC[C@H]3[C@H]1CC[C@]2(O)CC#N)CC(=O)CC4. The summed E-state index contributed by atoms with van der Waals surface area (Å²) in [5.74, 6) is 1.40. The van der Waals surface area contributed by atoms with Crippen LogP contribution in [0.5, 0.6) is 0 Å². The van der Waals surface area contributed by atoms with Crippen LogP contribution in [0, 0.1) is 28.6 Å². The zero-order valence-corrected chi connectivity index (χ0v) is 13.9. The zero-order valence-electron chi connectivity index (χ0n) is 13.9. The van der Waals surface area contributed by atoms with Crippen molar-refractivity contribution >= 4 is 5.78 Å². The summed E-state index contributed by atoms with van der Waals surface area (Å²) in [5.41, 5.74) is 3.35. The Kier molecular flexibility index (Phi) is 3.32. The minimum Gasteiger partial charge on any atom is -0.388 e. The van der Waals surface area contributed by atoms with Crippen LogP contribution >= 0.6 is 0 Å². The Labute approximate surface area is 138 Å². The van der Waals surface area contributed by atoms with Gasteiger partial charge >= 0.3 is 0 Å². The molecule has 122 valence electrons. The Morgan fingerprint density at radius 1 is 1.35 bits per heavy atom. The molecular weight excluding hydrogens is 286 g/mol. The summed E-state index contributed by atoms with van der Waals surface area (Å²) in [4.78, 5) is 11.8. The molecule has 1 saturated carbocycles. The molecule has 0 aromatic carbocycles. The number of rotatable bonds is 1. The fourth-order valence-corrected chi connectivity index (χ4v) is 5.94. The fraction of sp³-hybridized carbons (Fsp3) is 0.700. The second-order valence-corrected chi connectivity index (χ2v) is 8.24. The van der Waals surface area contributed by atoms with Crippen LogP contribution in [0.1, 0.15) is 64.7 Å². The molecule has 4 aliphatic rings. The average Bonchev–Trinajstić information content (AvgIpc) is 2.79. The van der Waals surface area contributed by atoms with E-state index in [-0.39, 0.29) is 11.8 Å². The lowest BCUT2D eigenvalue weighted by Gasteiger charge is -2.50. The molecule has 0 unspecified atom stereocenters. The molecular formula is C20H25NO2. The number of carbonyl (C=O) groups excluding carboxylic acids is 1. The lowest BCUT2D eigenvalue weighted by atomic mass is 9.56. The second-order valence-electron chi connectivity index (χ2n) is 8.24. The smallest absolute Gasteiger partial charge is 0.137 e. The molecule has 0 heterocycles. The third-order valence-electron chi connectivity index (χ3n) is 7.35. The first-order chi connectivity index (χ1) is 11.0. The largest absolute Gasteiger partial charge is 0.388 e.